The summed E-state index contributed by atoms with van der Waals surface area (Å²) in [6.45, 7) is 6.37. The van der Waals surface area contributed by atoms with E-state index in [4.69, 9.17) is 10.5 Å². The summed E-state index contributed by atoms with van der Waals surface area (Å²) in [6.07, 6.45) is 8.45. The van der Waals surface area contributed by atoms with Crippen LogP contribution in [0.3, 0.4) is 0 Å². The molecule has 30 heavy (non-hydrogen) atoms. The summed E-state index contributed by atoms with van der Waals surface area (Å²) in [6, 6.07) is 7.19. The molecular formula is C21H17N7O2. The molecule has 0 unspecified atom stereocenters. The highest BCUT2D eigenvalue weighted by Gasteiger charge is 2.15. The molecule has 9 nitrogen and oxygen atoms in total. The Morgan fingerprint density at radius 3 is 2.70 bits per heavy atom. The minimum Gasteiger partial charge on any atom is -0.453 e. The fourth-order valence-electron chi connectivity index (χ4n) is 2.96. The Morgan fingerprint density at radius 1 is 1.23 bits per heavy atom. The van der Waals surface area contributed by atoms with E-state index >= 15 is 0 Å². The highest BCUT2D eigenvalue weighted by atomic mass is 16.5. The predicted molar refractivity (Wildman–Crippen MR) is 109 cm³/mol. The number of fused-ring (bicyclic) bond motifs is 1. The van der Waals surface area contributed by atoms with Gasteiger partial charge in [0.1, 0.15) is 22.9 Å². The summed E-state index contributed by atoms with van der Waals surface area (Å²) in [5.74, 6) is 0.217. The molecule has 0 spiro atoms. The second-order valence-corrected chi connectivity index (χ2v) is 6.46. The molecule has 4 aromatic heterocycles. The van der Waals surface area contributed by atoms with Crippen molar-refractivity contribution in [3.8, 4) is 28.7 Å². The van der Waals surface area contributed by atoms with Crippen molar-refractivity contribution in [3.05, 3.63) is 67.0 Å². The number of carbonyl (C=O) groups is 1. The van der Waals surface area contributed by atoms with Gasteiger partial charge in [-0.1, -0.05) is 6.58 Å². The Labute approximate surface area is 171 Å². The molecule has 0 fully saturated rings. The number of pyridine rings is 2. The molecule has 0 saturated heterocycles. The van der Waals surface area contributed by atoms with E-state index in [1.54, 1.807) is 22.8 Å². The van der Waals surface area contributed by atoms with Crippen molar-refractivity contribution in [1.82, 2.24) is 24.4 Å². The third-order valence-electron chi connectivity index (χ3n) is 4.56. The summed E-state index contributed by atoms with van der Waals surface area (Å²) >= 11 is 0. The van der Waals surface area contributed by atoms with Gasteiger partial charge in [-0.2, -0.15) is 15.5 Å². The van der Waals surface area contributed by atoms with Crippen LogP contribution in [-0.4, -0.2) is 30.3 Å². The Hall–Kier alpha value is -4.45. The molecule has 148 valence electrons. The van der Waals surface area contributed by atoms with Gasteiger partial charge in [-0.05, 0) is 25.1 Å². The maximum atomic E-state index is 11.3. The first kappa shape index (κ1) is 18.9. The SMILES string of the molecule is C=C(C(N)=O)c1ccc(Oc2cc(-c3cnn(CC)c3)cn3ncc(C#N)c23)cn1. The van der Waals surface area contributed by atoms with E-state index in [1.165, 1.54) is 12.4 Å². The maximum Gasteiger partial charge on any atom is 0.250 e. The zero-order valence-corrected chi connectivity index (χ0v) is 16.1. The first-order chi connectivity index (χ1) is 14.5. The number of hydrogen-bond acceptors (Lipinski definition) is 6. The van der Waals surface area contributed by atoms with E-state index in [9.17, 15) is 10.1 Å². The van der Waals surface area contributed by atoms with Crippen LogP contribution >= 0.6 is 0 Å². The van der Waals surface area contributed by atoms with Crippen molar-refractivity contribution >= 4 is 17.0 Å². The Balaban J connectivity index is 1.76. The average Bonchev–Trinajstić information content (AvgIpc) is 3.40. The lowest BCUT2D eigenvalue weighted by Gasteiger charge is -2.10. The number of hydrogen-bond donors (Lipinski definition) is 1. The fraction of sp³-hybridized carbons (Fsp3) is 0.0952. The smallest absolute Gasteiger partial charge is 0.250 e. The van der Waals surface area contributed by atoms with Crippen LogP contribution in [0.4, 0.5) is 0 Å². The second-order valence-electron chi connectivity index (χ2n) is 6.46. The molecule has 0 saturated carbocycles. The number of primary amides is 1. The summed E-state index contributed by atoms with van der Waals surface area (Å²) in [5.41, 5.74) is 8.36. The van der Waals surface area contributed by atoms with Crippen molar-refractivity contribution in [3.63, 3.8) is 0 Å². The first-order valence-electron chi connectivity index (χ1n) is 9.07. The van der Waals surface area contributed by atoms with Gasteiger partial charge in [0.25, 0.3) is 0 Å². The Bertz CT molecular complexity index is 1310. The zero-order valence-electron chi connectivity index (χ0n) is 16.1. The molecule has 0 radical (unpaired) electrons. The van der Waals surface area contributed by atoms with E-state index in [2.05, 4.69) is 27.8 Å². The molecule has 4 heterocycles. The number of nitriles is 1. The van der Waals surface area contributed by atoms with Gasteiger partial charge in [0.05, 0.1) is 29.9 Å². The number of amides is 1. The Kier molecular flexibility index (Phi) is 4.74. The third kappa shape index (κ3) is 3.38. The summed E-state index contributed by atoms with van der Waals surface area (Å²) < 4.78 is 9.45. The van der Waals surface area contributed by atoms with Crippen molar-refractivity contribution in [1.29, 1.82) is 5.26 Å². The molecular weight excluding hydrogens is 382 g/mol. The van der Waals surface area contributed by atoms with Crippen molar-refractivity contribution in [2.24, 2.45) is 5.73 Å². The van der Waals surface area contributed by atoms with Crippen molar-refractivity contribution < 1.29 is 9.53 Å². The topological polar surface area (TPSA) is 124 Å². The van der Waals surface area contributed by atoms with Crippen molar-refractivity contribution in [2.45, 2.75) is 13.5 Å². The van der Waals surface area contributed by atoms with Crippen LogP contribution < -0.4 is 10.5 Å². The van der Waals surface area contributed by atoms with Gasteiger partial charge in [-0.25, -0.2) is 4.52 Å². The van der Waals surface area contributed by atoms with E-state index in [-0.39, 0.29) is 5.57 Å². The van der Waals surface area contributed by atoms with E-state index < -0.39 is 5.91 Å². The zero-order chi connectivity index (χ0) is 21.3. The lowest BCUT2D eigenvalue weighted by atomic mass is 10.1. The minimum absolute atomic E-state index is 0.112. The summed E-state index contributed by atoms with van der Waals surface area (Å²) in [7, 11) is 0. The third-order valence-corrected chi connectivity index (χ3v) is 4.56. The van der Waals surface area contributed by atoms with Crippen molar-refractivity contribution in [2.75, 3.05) is 0 Å². The molecule has 0 aliphatic carbocycles. The minimum atomic E-state index is -0.642. The molecule has 0 aliphatic heterocycles. The van der Waals surface area contributed by atoms with Crippen LogP contribution in [0.1, 0.15) is 18.2 Å². The number of ether oxygens (including phenoxy) is 1. The highest BCUT2D eigenvalue weighted by molar-refractivity contribution is 6.17. The standard InChI is InChI=1S/C21H17N7O2/c1-3-27-11-16(9-25-27)14-6-19(20-15(7-22)8-26-28(20)12-14)30-17-4-5-18(24-10-17)13(2)21(23)29/h4-6,8-12H,2-3H2,1H3,(H2,23,29). The number of carbonyl (C=O) groups excluding carboxylic acids is 1. The van der Waals surface area contributed by atoms with Crippen LogP contribution in [-0.2, 0) is 11.3 Å². The van der Waals surface area contributed by atoms with Gasteiger partial charge < -0.3 is 10.5 Å². The summed E-state index contributed by atoms with van der Waals surface area (Å²) in [5, 5.41) is 18.0. The first-order valence-corrected chi connectivity index (χ1v) is 9.07. The number of nitrogens with zero attached hydrogens (tertiary/aromatic N) is 6. The molecule has 0 aromatic carbocycles. The van der Waals surface area contributed by atoms with Gasteiger partial charge in [-0.3, -0.25) is 14.5 Å². The van der Waals surface area contributed by atoms with Gasteiger partial charge in [0.15, 0.2) is 5.75 Å². The predicted octanol–water partition coefficient (Wildman–Crippen LogP) is 2.78. The van der Waals surface area contributed by atoms with Crippen LogP contribution in [0.15, 0.2) is 55.8 Å². The van der Waals surface area contributed by atoms with Crippen LogP contribution in [0.25, 0.3) is 22.2 Å². The number of aryl methyl sites for hydroxylation is 1. The maximum absolute atomic E-state index is 11.3. The second kappa shape index (κ2) is 7.52. The lowest BCUT2D eigenvalue weighted by Crippen LogP contribution is -2.12. The highest BCUT2D eigenvalue weighted by Crippen LogP contribution is 2.33. The monoisotopic (exact) mass is 399 g/mol. The van der Waals surface area contributed by atoms with Gasteiger partial charge >= 0.3 is 0 Å². The fourth-order valence-corrected chi connectivity index (χ4v) is 2.96. The molecule has 0 bridgehead atoms. The normalized spacial score (nSPS) is 10.7. The van der Waals surface area contributed by atoms with E-state index in [1.807, 2.05) is 30.1 Å². The van der Waals surface area contributed by atoms with E-state index in [0.717, 1.165) is 17.7 Å². The summed E-state index contributed by atoms with van der Waals surface area (Å²) in [4.78, 5) is 15.4. The van der Waals surface area contributed by atoms with Crippen LogP contribution in [0.5, 0.6) is 11.5 Å². The number of aromatic nitrogens is 5. The Morgan fingerprint density at radius 2 is 2.07 bits per heavy atom. The molecule has 1 amide bonds. The lowest BCUT2D eigenvalue weighted by molar-refractivity contribution is -0.112. The largest absolute Gasteiger partial charge is 0.453 e. The number of nitrogens with two attached hydrogens (primary N) is 1. The molecule has 9 heteroatoms. The number of rotatable bonds is 6. The van der Waals surface area contributed by atoms with Gasteiger partial charge in [-0.15, -0.1) is 0 Å². The molecule has 2 N–H and O–H groups in total. The van der Waals surface area contributed by atoms with E-state index in [0.29, 0.717) is 28.3 Å². The average molecular weight is 399 g/mol. The molecule has 0 atom stereocenters. The van der Waals surface area contributed by atoms with Gasteiger partial charge in [0.2, 0.25) is 5.91 Å². The molecule has 4 aromatic rings. The van der Waals surface area contributed by atoms with Gasteiger partial charge in [0, 0.05) is 30.1 Å². The quantitative estimate of drug-likeness (QED) is 0.497. The molecule has 4 rings (SSSR count). The van der Waals surface area contributed by atoms with Crippen LogP contribution in [0.2, 0.25) is 0 Å². The molecule has 0 aliphatic rings. The van der Waals surface area contributed by atoms with Crippen LogP contribution in [0, 0.1) is 11.3 Å².